The molecule has 0 aliphatic heterocycles. The second kappa shape index (κ2) is 5.16. The Kier molecular flexibility index (Phi) is 3.40. The van der Waals surface area contributed by atoms with Crippen molar-refractivity contribution in [2.24, 2.45) is 0 Å². The number of hydrogen-bond acceptors (Lipinski definition) is 3. The highest BCUT2D eigenvalue weighted by Gasteiger charge is 2.06. The fraction of sp³-hybridized carbons (Fsp3) is 0.167. The van der Waals surface area contributed by atoms with Crippen LogP contribution in [0.1, 0.15) is 5.89 Å². The van der Waals surface area contributed by atoms with Gasteiger partial charge in [-0.05, 0) is 0 Å². The van der Waals surface area contributed by atoms with Gasteiger partial charge < -0.3 is 15.1 Å². The minimum Gasteiger partial charge on any atom is -0.439 e. The summed E-state index contributed by atoms with van der Waals surface area (Å²) >= 11 is 0. The first-order valence-corrected chi connectivity index (χ1v) is 5.25. The highest BCUT2D eigenvalue weighted by Crippen LogP contribution is 2.19. The van der Waals surface area contributed by atoms with Crippen molar-refractivity contribution < 1.29 is 9.21 Å². The van der Waals surface area contributed by atoms with Gasteiger partial charge in [0.1, 0.15) is 0 Å². The summed E-state index contributed by atoms with van der Waals surface area (Å²) in [5, 5.41) is 5.06. The zero-order valence-corrected chi connectivity index (χ0v) is 9.43. The summed E-state index contributed by atoms with van der Waals surface area (Å²) in [6, 6.07) is 9.42. The van der Waals surface area contributed by atoms with Crippen molar-refractivity contribution >= 4 is 6.03 Å². The van der Waals surface area contributed by atoms with Crippen molar-refractivity contribution in [1.29, 1.82) is 0 Å². The highest BCUT2D eigenvalue weighted by atomic mass is 16.4. The van der Waals surface area contributed by atoms with Gasteiger partial charge >= 0.3 is 6.03 Å². The van der Waals surface area contributed by atoms with Crippen LogP contribution in [0.4, 0.5) is 4.79 Å². The van der Waals surface area contributed by atoms with Gasteiger partial charge in [-0.1, -0.05) is 30.3 Å². The largest absolute Gasteiger partial charge is 0.439 e. The molecule has 0 unspecified atom stereocenters. The molecule has 2 rings (SSSR count). The van der Waals surface area contributed by atoms with Gasteiger partial charge in [0.15, 0.2) is 5.76 Å². The average molecular weight is 231 g/mol. The molecule has 5 heteroatoms. The standard InChI is InChI=1S/C12H13N3O2/c1-13-12(16)15-8-11-14-7-10(17-11)9-5-3-2-4-6-9/h2-7H,8H2,1H3,(H2,13,15,16). The Morgan fingerprint density at radius 1 is 1.35 bits per heavy atom. The third kappa shape index (κ3) is 2.84. The van der Waals surface area contributed by atoms with E-state index in [1.54, 1.807) is 13.2 Å². The highest BCUT2D eigenvalue weighted by molar-refractivity contribution is 5.73. The van der Waals surface area contributed by atoms with Crippen LogP contribution in [0.25, 0.3) is 11.3 Å². The monoisotopic (exact) mass is 231 g/mol. The lowest BCUT2D eigenvalue weighted by Crippen LogP contribution is -2.32. The third-order valence-corrected chi connectivity index (χ3v) is 2.24. The molecule has 0 fully saturated rings. The van der Waals surface area contributed by atoms with Crippen LogP contribution in [-0.2, 0) is 6.54 Å². The van der Waals surface area contributed by atoms with E-state index in [9.17, 15) is 4.79 Å². The fourth-order valence-corrected chi connectivity index (χ4v) is 1.37. The van der Waals surface area contributed by atoms with Gasteiger partial charge in [-0.25, -0.2) is 9.78 Å². The van der Waals surface area contributed by atoms with Crippen molar-refractivity contribution in [2.75, 3.05) is 7.05 Å². The van der Waals surface area contributed by atoms with E-state index in [0.717, 1.165) is 5.56 Å². The maximum absolute atomic E-state index is 11.0. The van der Waals surface area contributed by atoms with Gasteiger partial charge in [0, 0.05) is 12.6 Å². The number of benzene rings is 1. The van der Waals surface area contributed by atoms with Crippen LogP contribution in [0.2, 0.25) is 0 Å². The number of nitrogens with one attached hydrogen (secondary N) is 2. The molecule has 0 atom stereocenters. The second-order valence-electron chi connectivity index (χ2n) is 3.42. The van der Waals surface area contributed by atoms with E-state index in [1.165, 1.54) is 0 Å². The van der Waals surface area contributed by atoms with Crippen molar-refractivity contribution in [3.8, 4) is 11.3 Å². The zero-order valence-electron chi connectivity index (χ0n) is 9.43. The van der Waals surface area contributed by atoms with E-state index in [2.05, 4.69) is 15.6 Å². The number of nitrogens with zero attached hydrogens (tertiary/aromatic N) is 1. The molecule has 1 heterocycles. The Labute approximate surface area is 98.9 Å². The number of hydrogen-bond donors (Lipinski definition) is 2. The molecule has 2 amide bonds. The molecule has 0 aliphatic carbocycles. The van der Waals surface area contributed by atoms with Gasteiger partial charge in [-0.15, -0.1) is 0 Å². The molecule has 0 aliphatic rings. The molecule has 0 spiro atoms. The minimum absolute atomic E-state index is 0.260. The van der Waals surface area contributed by atoms with Crippen LogP contribution < -0.4 is 10.6 Å². The van der Waals surface area contributed by atoms with E-state index >= 15 is 0 Å². The molecule has 1 aromatic carbocycles. The summed E-state index contributed by atoms with van der Waals surface area (Å²) in [6.07, 6.45) is 1.65. The quantitative estimate of drug-likeness (QED) is 0.846. The summed E-state index contributed by atoms with van der Waals surface area (Å²) in [7, 11) is 1.56. The molecular formula is C12H13N3O2. The van der Waals surface area contributed by atoms with Crippen LogP contribution in [-0.4, -0.2) is 18.1 Å². The van der Waals surface area contributed by atoms with Crippen LogP contribution in [0.15, 0.2) is 40.9 Å². The van der Waals surface area contributed by atoms with Crippen LogP contribution in [0.5, 0.6) is 0 Å². The number of amides is 2. The van der Waals surface area contributed by atoms with Gasteiger partial charge in [0.25, 0.3) is 0 Å². The average Bonchev–Trinajstić information content (AvgIpc) is 2.86. The molecule has 17 heavy (non-hydrogen) atoms. The topological polar surface area (TPSA) is 67.2 Å². The summed E-state index contributed by atoms with van der Waals surface area (Å²) in [5.41, 5.74) is 0.964. The van der Waals surface area contributed by atoms with Crippen LogP contribution in [0, 0.1) is 0 Å². The van der Waals surface area contributed by atoms with Crippen LogP contribution >= 0.6 is 0 Å². The predicted octanol–water partition coefficient (Wildman–Crippen LogP) is 1.77. The molecule has 5 nitrogen and oxygen atoms in total. The first-order chi connectivity index (χ1) is 8.29. The van der Waals surface area contributed by atoms with E-state index in [4.69, 9.17) is 4.42 Å². The molecule has 0 saturated carbocycles. The van der Waals surface area contributed by atoms with Crippen molar-refractivity contribution in [2.45, 2.75) is 6.54 Å². The SMILES string of the molecule is CNC(=O)NCc1ncc(-c2ccccc2)o1. The number of rotatable bonds is 3. The lowest BCUT2D eigenvalue weighted by atomic mass is 10.2. The molecular weight excluding hydrogens is 218 g/mol. The Balaban J connectivity index is 2.04. The van der Waals surface area contributed by atoms with Gasteiger partial charge in [-0.3, -0.25) is 0 Å². The molecule has 0 radical (unpaired) electrons. The minimum atomic E-state index is -0.260. The Morgan fingerprint density at radius 3 is 2.82 bits per heavy atom. The summed E-state index contributed by atoms with van der Waals surface area (Å²) < 4.78 is 5.51. The second-order valence-corrected chi connectivity index (χ2v) is 3.42. The van der Waals surface area contributed by atoms with Crippen molar-refractivity contribution in [3.63, 3.8) is 0 Å². The summed E-state index contributed by atoms with van der Waals surface area (Å²) in [6.45, 7) is 0.270. The van der Waals surface area contributed by atoms with Crippen molar-refractivity contribution in [1.82, 2.24) is 15.6 Å². The number of oxazole rings is 1. The summed E-state index contributed by atoms with van der Waals surface area (Å²) in [4.78, 5) is 15.1. The lowest BCUT2D eigenvalue weighted by molar-refractivity contribution is 0.241. The maximum Gasteiger partial charge on any atom is 0.314 e. The molecule has 2 N–H and O–H groups in total. The Bertz CT molecular complexity index is 493. The first kappa shape index (κ1) is 11.2. The van der Waals surface area contributed by atoms with E-state index in [-0.39, 0.29) is 12.6 Å². The third-order valence-electron chi connectivity index (χ3n) is 2.24. The lowest BCUT2D eigenvalue weighted by Gasteiger charge is -2.00. The van der Waals surface area contributed by atoms with Crippen LogP contribution in [0.3, 0.4) is 0 Å². The summed E-state index contributed by atoms with van der Waals surface area (Å²) in [5.74, 6) is 1.17. The Hall–Kier alpha value is -2.30. The molecule has 0 bridgehead atoms. The Morgan fingerprint density at radius 2 is 2.12 bits per heavy atom. The van der Waals surface area contributed by atoms with E-state index in [1.807, 2.05) is 30.3 Å². The molecule has 0 saturated heterocycles. The normalized spacial score (nSPS) is 9.94. The van der Waals surface area contributed by atoms with Gasteiger partial charge in [-0.2, -0.15) is 0 Å². The van der Waals surface area contributed by atoms with E-state index in [0.29, 0.717) is 11.7 Å². The van der Waals surface area contributed by atoms with Gasteiger partial charge in [0.2, 0.25) is 5.89 Å². The molecule has 2 aromatic rings. The van der Waals surface area contributed by atoms with Crippen molar-refractivity contribution in [3.05, 3.63) is 42.4 Å². The smallest absolute Gasteiger partial charge is 0.314 e. The molecule has 88 valence electrons. The predicted molar refractivity (Wildman–Crippen MR) is 63.2 cm³/mol. The number of carbonyl (C=O) groups excluding carboxylic acids is 1. The number of aromatic nitrogens is 1. The fourth-order valence-electron chi connectivity index (χ4n) is 1.37. The first-order valence-electron chi connectivity index (χ1n) is 5.25. The zero-order chi connectivity index (χ0) is 12.1. The van der Waals surface area contributed by atoms with Gasteiger partial charge in [0.05, 0.1) is 12.7 Å². The number of urea groups is 1. The number of carbonyl (C=O) groups is 1. The molecule has 1 aromatic heterocycles. The maximum atomic E-state index is 11.0. The van der Waals surface area contributed by atoms with E-state index < -0.39 is 0 Å².